The summed E-state index contributed by atoms with van der Waals surface area (Å²) in [5.41, 5.74) is 0. The molecule has 3 rings (SSSR count). The molecule has 3 unspecified atom stereocenters. The molecule has 7 heteroatoms. The fourth-order valence-corrected chi connectivity index (χ4v) is 5.55. The molecular formula is C13H18N2O3S2. The van der Waals surface area contributed by atoms with Crippen LogP contribution in [0.15, 0.2) is 17.5 Å². The summed E-state index contributed by atoms with van der Waals surface area (Å²) in [6.45, 7) is 2.13. The summed E-state index contributed by atoms with van der Waals surface area (Å²) in [6, 6.07) is 3.66. The third-order valence-electron chi connectivity index (χ3n) is 4.05. The average molecular weight is 314 g/mol. The van der Waals surface area contributed by atoms with Gasteiger partial charge in [-0.15, -0.1) is 11.3 Å². The van der Waals surface area contributed by atoms with Gasteiger partial charge in [0, 0.05) is 11.4 Å². The first-order valence-electron chi connectivity index (χ1n) is 6.80. The molecule has 0 bridgehead atoms. The van der Waals surface area contributed by atoms with Gasteiger partial charge in [-0.25, -0.2) is 8.42 Å². The zero-order valence-electron chi connectivity index (χ0n) is 11.3. The molecule has 5 nitrogen and oxygen atoms in total. The molecule has 1 aromatic rings. The predicted octanol–water partition coefficient (Wildman–Crippen LogP) is 1.14. The van der Waals surface area contributed by atoms with Crippen LogP contribution >= 0.6 is 11.3 Å². The molecule has 3 atom stereocenters. The van der Waals surface area contributed by atoms with Gasteiger partial charge in [0.05, 0.1) is 17.0 Å². The van der Waals surface area contributed by atoms with E-state index in [1.165, 1.54) is 0 Å². The molecule has 1 N–H and O–H groups in total. The van der Waals surface area contributed by atoms with Crippen molar-refractivity contribution in [2.24, 2.45) is 0 Å². The third kappa shape index (κ3) is 2.38. The van der Waals surface area contributed by atoms with Gasteiger partial charge in [0.15, 0.2) is 9.84 Å². The summed E-state index contributed by atoms with van der Waals surface area (Å²) in [5.74, 6) is 0.248. The fraction of sp³-hybridized carbons (Fsp3) is 0.615. The highest BCUT2D eigenvalue weighted by molar-refractivity contribution is 7.92. The van der Waals surface area contributed by atoms with Crippen LogP contribution < -0.4 is 5.32 Å². The van der Waals surface area contributed by atoms with E-state index >= 15 is 0 Å². The van der Waals surface area contributed by atoms with Crippen LogP contribution in [0.25, 0.3) is 0 Å². The van der Waals surface area contributed by atoms with Crippen molar-refractivity contribution in [3.8, 4) is 0 Å². The highest BCUT2D eigenvalue weighted by atomic mass is 32.2. The Morgan fingerprint density at radius 2 is 2.30 bits per heavy atom. The lowest BCUT2D eigenvalue weighted by atomic mass is 10.2. The second-order valence-corrected chi connectivity index (χ2v) is 8.81. The summed E-state index contributed by atoms with van der Waals surface area (Å²) >= 11 is 1.58. The molecule has 0 aliphatic carbocycles. The Hall–Kier alpha value is -0.920. The van der Waals surface area contributed by atoms with E-state index in [1.807, 2.05) is 24.4 Å². The molecule has 3 heterocycles. The van der Waals surface area contributed by atoms with Crippen molar-refractivity contribution in [1.82, 2.24) is 10.2 Å². The molecule has 110 valence electrons. The van der Waals surface area contributed by atoms with Gasteiger partial charge < -0.3 is 4.90 Å². The van der Waals surface area contributed by atoms with Crippen LogP contribution in [0.5, 0.6) is 0 Å². The molecule has 1 aromatic heterocycles. The minimum atomic E-state index is -3.03. The molecule has 1 amide bonds. The maximum Gasteiger partial charge on any atom is 0.241 e. The lowest BCUT2D eigenvalue weighted by Gasteiger charge is -2.25. The van der Waals surface area contributed by atoms with Crippen LogP contribution in [0.2, 0.25) is 0 Å². The molecule has 0 spiro atoms. The molecular weight excluding hydrogens is 296 g/mol. The quantitative estimate of drug-likeness (QED) is 0.909. The highest BCUT2D eigenvalue weighted by Crippen LogP contribution is 2.31. The summed E-state index contributed by atoms with van der Waals surface area (Å²) in [4.78, 5) is 15.0. The Kier molecular flexibility index (Phi) is 3.60. The van der Waals surface area contributed by atoms with E-state index in [9.17, 15) is 13.2 Å². The van der Waals surface area contributed by atoms with Gasteiger partial charge in [-0.05, 0) is 31.2 Å². The number of sulfone groups is 1. The number of nitrogens with one attached hydrogen (secondary N) is 1. The van der Waals surface area contributed by atoms with Crippen molar-refractivity contribution in [1.29, 1.82) is 0 Å². The van der Waals surface area contributed by atoms with Crippen molar-refractivity contribution in [2.45, 2.75) is 37.2 Å². The van der Waals surface area contributed by atoms with E-state index in [-0.39, 0.29) is 23.9 Å². The number of amides is 1. The number of thiophene rings is 1. The Morgan fingerprint density at radius 1 is 1.50 bits per heavy atom. The van der Waals surface area contributed by atoms with Crippen LogP contribution in [0.4, 0.5) is 0 Å². The van der Waals surface area contributed by atoms with Crippen LogP contribution in [-0.4, -0.2) is 42.8 Å². The maximum absolute atomic E-state index is 12.3. The topological polar surface area (TPSA) is 66.5 Å². The van der Waals surface area contributed by atoms with Gasteiger partial charge in [-0.2, -0.15) is 0 Å². The minimum absolute atomic E-state index is 0.00880. The first-order valence-corrected chi connectivity index (χ1v) is 9.40. The van der Waals surface area contributed by atoms with Crippen LogP contribution in [-0.2, 0) is 14.6 Å². The van der Waals surface area contributed by atoms with Gasteiger partial charge in [-0.1, -0.05) is 6.07 Å². The zero-order valence-corrected chi connectivity index (χ0v) is 12.9. The smallest absolute Gasteiger partial charge is 0.241 e. The van der Waals surface area contributed by atoms with Crippen LogP contribution in [0.3, 0.4) is 0 Å². The third-order valence-corrected chi connectivity index (χ3v) is 7.23. The predicted molar refractivity (Wildman–Crippen MR) is 78.2 cm³/mol. The van der Waals surface area contributed by atoms with E-state index in [2.05, 4.69) is 5.32 Å². The van der Waals surface area contributed by atoms with Crippen LogP contribution in [0.1, 0.15) is 30.8 Å². The van der Waals surface area contributed by atoms with Gasteiger partial charge in [0.2, 0.25) is 5.91 Å². The first-order chi connectivity index (χ1) is 9.49. The zero-order chi connectivity index (χ0) is 14.3. The SMILES string of the molecule is CC1NC(c2cccs2)N(CC2CCCS2(=O)=O)C1=O. The van der Waals surface area contributed by atoms with Crippen LogP contribution in [0, 0.1) is 0 Å². The molecule has 20 heavy (non-hydrogen) atoms. The molecule has 0 saturated carbocycles. The molecule has 0 aromatic carbocycles. The highest BCUT2D eigenvalue weighted by Gasteiger charge is 2.42. The van der Waals surface area contributed by atoms with Gasteiger partial charge in [0.1, 0.15) is 6.17 Å². The summed E-state index contributed by atoms with van der Waals surface area (Å²) in [6.07, 6.45) is 1.19. The lowest BCUT2D eigenvalue weighted by molar-refractivity contribution is -0.129. The number of hydrogen-bond acceptors (Lipinski definition) is 5. The molecule has 0 radical (unpaired) electrons. The van der Waals surface area contributed by atoms with Crippen molar-refractivity contribution >= 4 is 27.1 Å². The van der Waals surface area contributed by atoms with Gasteiger partial charge in [-0.3, -0.25) is 10.1 Å². The second kappa shape index (κ2) is 5.13. The Balaban J connectivity index is 1.84. The maximum atomic E-state index is 12.3. The van der Waals surface area contributed by atoms with E-state index in [0.29, 0.717) is 19.4 Å². The number of hydrogen-bond donors (Lipinski definition) is 1. The fourth-order valence-electron chi connectivity index (χ4n) is 2.93. The number of carbonyl (C=O) groups is 1. The summed E-state index contributed by atoms with van der Waals surface area (Å²) in [5, 5.41) is 4.81. The Morgan fingerprint density at radius 3 is 2.90 bits per heavy atom. The van der Waals surface area contributed by atoms with Crippen molar-refractivity contribution in [2.75, 3.05) is 12.3 Å². The minimum Gasteiger partial charge on any atom is -0.319 e. The largest absolute Gasteiger partial charge is 0.319 e. The average Bonchev–Trinajstić information content (AvgIpc) is 3.07. The van der Waals surface area contributed by atoms with Crippen molar-refractivity contribution < 1.29 is 13.2 Å². The first kappa shape index (κ1) is 14.0. The summed E-state index contributed by atoms with van der Waals surface area (Å²) in [7, 11) is -3.03. The van der Waals surface area contributed by atoms with E-state index in [1.54, 1.807) is 16.2 Å². The monoisotopic (exact) mass is 314 g/mol. The lowest BCUT2D eigenvalue weighted by Crippen LogP contribution is -2.38. The number of carbonyl (C=O) groups excluding carboxylic acids is 1. The number of nitrogens with zero attached hydrogens (tertiary/aromatic N) is 1. The standard InChI is InChI=1S/C13H18N2O3S2/c1-9-13(16)15(8-10-4-3-7-20(10,17)18)12(14-9)11-5-2-6-19-11/h2,5-6,9-10,12,14H,3-4,7-8H2,1H3. The Bertz CT molecular complexity index is 597. The number of rotatable bonds is 3. The molecule has 2 aliphatic rings. The van der Waals surface area contributed by atoms with Crippen molar-refractivity contribution in [3.05, 3.63) is 22.4 Å². The molecule has 2 fully saturated rings. The van der Waals surface area contributed by atoms with Crippen molar-refractivity contribution in [3.63, 3.8) is 0 Å². The molecule has 2 saturated heterocycles. The van der Waals surface area contributed by atoms with Gasteiger partial charge >= 0.3 is 0 Å². The van der Waals surface area contributed by atoms with Gasteiger partial charge in [0.25, 0.3) is 0 Å². The second-order valence-electron chi connectivity index (χ2n) is 5.43. The Labute approximate surface area is 122 Å². The molecule has 2 aliphatic heterocycles. The van der Waals surface area contributed by atoms with E-state index < -0.39 is 15.1 Å². The van der Waals surface area contributed by atoms with E-state index in [0.717, 1.165) is 4.88 Å². The normalized spacial score (nSPS) is 33.0. The summed E-state index contributed by atoms with van der Waals surface area (Å²) < 4.78 is 24.0. The van der Waals surface area contributed by atoms with E-state index in [4.69, 9.17) is 0 Å².